The highest BCUT2D eigenvalue weighted by molar-refractivity contribution is 9.10. The molecule has 4 heteroatoms. The second kappa shape index (κ2) is 8.16. The van der Waals surface area contributed by atoms with E-state index in [1.54, 1.807) is 0 Å². The Kier molecular flexibility index (Phi) is 6.22. The summed E-state index contributed by atoms with van der Waals surface area (Å²) in [5.41, 5.74) is 3.19. The summed E-state index contributed by atoms with van der Waals surface area (Å²) >= 11 is 3.51. The van der Waals surface area contributed by atoms with Crippen molar-refractivity contribution in [1.82, 2.24) is 0 Å². The van der Waals surface area contributed by atoms with Gasteiger partial charge in [-0.1, -0.05) is 37.6 Å². The molecule has 2 rings (SSSR count). The number of anilines is 1. The molecule has 0 aliphatic rings. The van der Waals surface area contributed by atoms with Crippen LogP contribution in [0.4, 0.5) is 5.69 Å². The predicted molar refractivity (Wildman–Crippen MR) is 98.2 cm³/mol. The lowest BCUT2D eigenvalue weighted by molar-refractivity contribution is -0.118. The fourth-order valence-corrected chi connectivity index (χ4v) is 2.66. The number of hydrogen-bond acceptors (Lipinski definition) is 2. The number of carbonyl (C=O) groups excluding carboxylic acids is 1. The van der Waals surface area contributed by atoms with Crippen molar-refractivity contribution in [3.05, 3.63) is 58.1 Å². The Hall–Kier alpha value is -1.81. The number of benzene rings is 2. The molecule has 0 saturated heterocycles. The summed E-state index contributed by atoms with van der Waals surface area (Å²) in [7, 11) is 0. The normalized spacial score (nSPS) is 11.8. The standard InChI is InChI=1S/C19H22BrNO2/c1-4-14(3)15-7-10-18(17(20)11-15)23-12-19(22)21-16-8-5-13(2)6-9-16/h5-11,14H,4,12H2,1-3H3,(H,21,22). The molecule has 0 radical (unpaired) electrons. The fourth-order valence-electron chi connectivity index (χ4n) is 2.15. The number of nitrogens with one attached hydrogen (secondary N) is 1. The van der Waals surface area contributed by atoms with Crippen molar-refractivity contribution in [1.29, 1.82) is 0 Å². The second-order valence-corrected chi connectivity index (χ2v) is 6.56. The summed E-state index contributed by atoms with van der Waals surface area (Å²) in [6.45, 7) is 6.35. The van der Waals surface area contributed by atoms with Gasteiger partial charge in [-0.2, -0.15) is 0 Å². The van der Waals surface area contributed by atoms with Crippen LogP contribution in [0.5, 0.6) is 5.75 Å². The van der Waals surface area contributed by atoms with Crippen molar-refractivity contribution in [2.75, 3.05) is 11.9 Å². The van der Waals surface area contributed by atoms with Gasteiger partial charge in [0.1, 0.15) is 5.75 Å². The summed E-state index contributed by atoms with van der Waals surface area (Å²) in [6, 6.07) is 13.7. The molecule has 122 valence electrons. The third-order valence-electron chi connectivity index (χ3n) is 3.83. The first kappa shape index (κ1) is 17.5. The van der Waals surface area contributed by atoms with Gasteiger partial charge in [-0.3, -0.25) is 4.79 Å². The molecule has 0 spiro atoms. The molecule has 0 bridgehead atoms. The van der Waals surface area contributed by atoms with Crippen molar-refractivity contribution in [2.24, 2.45) is 0 Å². The summed E-state index contributed by atoms with van der Waals surface area (Å²) in [6.07, 6.45) is 1.09. The molecule has 0 aromatic heterocycles. The highest BCUT2D eigenvalue weighted by atomic mass is 79.9. The van der Waals surface area contributed by atoms with E-state index in [-0.39, 0.29) is 12.5 Å². The van der Waals surface area contributed by atoms with E-state index in [1.165, 1.54) is 5.56 Å². The monoisotopic (exact) mass is 375 g/mol. The number of rotatable bonds is 6. The van der Waals surface area contributed by atoms with Gasteiger partial charge in [-0.25, -0.2) is 0 Å². The summed E-state index contributed by atoms with van der Waals surface area (Å²) in [5, 5.41) is 2.82. The average Bonchev–Trinajstić information content (AvgIpc) is 2.55. The topological polar surface area (TPSA) is 38.3 Å². The predicted octanol–water partition coefficient (Wildman–Crippen LogP) is 5.29. The molecule has 1 atom stereocenters. The second-order valence-electron chi connectivity index (χ2n) is 5.70. The third kappa shape index (κ3) is 5.10. The van der Waals surface area contributed by atoms with Crippen molar-refractivity contribution in [3.8, 4) is 5.75 Å². The Morgan fingerprint density at radius 2 is 1.91 bits per heavy atom. The van der Waals surface area contributed by atoms with Crippen LogP contribution in [0.25, 0.3) is 0 Å². The molecular weight excluding hydrogens is 354 g/mol. The van der Waals surface area contributed by atoms with E-state index in [2.05, 4.69) is 41.2 Å². The Balaban J connectivity index is 1.92. The first-order valence-electron chi connectivity index (χ1n) is 7.78. The van der Waals surface area contributed by atoms with E-state index in [0.29, 0.717) is 11.7 Å². The van der Waals surface area contributed by atoms with Crippen LogP contribution in [-0.2, 0) is 4.79 Å². The van der Waals surface area contributed by atoms with Gasteiger partial charge in [0, 0.05) is 5.69 Å². The Bertz CT molecular complexity index is 668. The van der Waals surface area contributed by atoms with Crippen molar-refractivity contribution < 1.29 is 9.53 Å². The van der Waals surface area contributed by atoms with Crippen molar-refractivity contribution >= 4 is 27.5 Å². The van der Waals surface area contributed by atoms with Gasteiger partial charge >= 0.3 is 0 Å². The zero-order valence-corrected chi connectivity index (χ0v) is 15.3. The van der Waals surface area contributed by atoms with Crippen molar-refractivity contribution in [3.63, 3.8) is 0 Å². The van der Waals surface area contributed by atoms with Crippen LogP contribution in [0.15, 0.2) is 46.9 Å². The minimum absolute atomic E-state index is 0.0187. The fraction of sp³-hybridized carbons (Fsp3) is 0.316. The molecule has 3 nitrogen and oxygen atoms in total. The third-order valence-corrected chi connectivity index (χ3v) is 4.45. The van der Waals surface area contributed by atoms with E-state index < -0.39 is 0 Å². The first-order chi connectivity index (χ1) is 11.0. The number of halogens is 1. The lowest BCUT2D eigenvalue weighted by Gasteiger charge is -2.13. The van der Waals surface area contributed by atoms with E-state index in [1.807, 2.05) is 43.3 Å². The SMILES string of the molecule is CCC(C)c1ccc(OCC(=O)Nc2ccc(C)cc2)c(Br)c1. The van der Waals surface area contributed by atoms with Crippen molar-refractivity contribution in [2.45, 2.75) is 33.1 Å². The number of ether oxygens (including phenoxy) is 1. The van der Waals surface area contributed by atoms with E-state index in [9.17, 15) is 4.79 Å². The summed E-state index contributed by atoms with van der Waals surface area (Å²) in [4.78, 5) is 12.0. The van der Waals surface area contributed by atoms with E-state index in [4.69, 9.17) is 4.74 Å². The van der Waals surface area contributed by atoms with Crippen LogP contribution < -0.4 is 10.1 Å². The van der Waals surface area contributed by atoms with Crippen LogP contribution in [0.2, 0.25) is 0 Å². The molecule has 0 fully saturated rings. The minimum Gasteiger partial charge on any atom is -0.483 e. The smallest absolute Gasteiger partial charge is 0.262 e. The zero-order chi connectivity index (χ0) is 16.8. The number of aryl methyl sites for hydroxylation is 1. The maximum Gasteiger partial charge on any atom is 0.262 e. The lowest BCUT2D eigenvalue weighted by Crippen LogP contribution is -2.20. The maximum absolute atomic E-state index is 12.0. The van der Waals surface area contributed by atoms with Gasteiger partial charge in [0.05, 0.1) is 4.47 Å². The maximum atomic E-state index is 12.0. The Morgan fingerprint density at radius 1 is 1.22 bits per heavy atom. The molecule has 1 N–H and O–H groups in total. The summed E-state index contributed by atoms with van der Waals surface area (Å²) in [5.74, 6) is 1.01. The Labute approximate surface area is 146 Å². The molecule has 23 heavy (non-hydrogen) atoms. The molecular formula is C19H22BrNO2. The average molecular weight is 376 g/mol. The summed E-state index contributed by atoms with van der Waals surface area (Å²) < 4.78 is 6.48. The quantitative estimate of drug-likeness (QED) is 0.744. The largest absolute Gasteiger partial charge is 0.483 e. The molecule has 1 unspecified atom stereocenters. The van der Waals surface area contributed by atoms with Gasteiger partial charge in [-0.05, 0) is 65.0 Å². The molecule has 0 aliphatic heterocycles. The van der Waals surface area contributed by atoms with Gasteiger partial charge in [0.2, 0.25) is 0 Å². The van der Waals surface area contributed by atoms with Crippen LogP contribution in [0.3, 0.4) is 0 Å². The van der Waals surface area contributed by atoms with Crippen LogP contribution in [-0.4, -0.2) is 12.5 Å². The van der Waals surface area contributed by atoms with Gasteiger partial charge in [-0.15, -0.1) is 0 Å². The van der Waals surface area contributed by atoms with Crippen LogP contribution in [0.1, 0.15) is 37.3 Å². The highest BCUT2D eigenvalue weighted by Crippen LogP contribution is 2.30. The van der Waals surface area contributed by atoms with Gasteiger partial charge < -0.3 is 10.1 Å². The molecule has 0 heterocycles. The van der Waals surface area contributed by atoms with Gasteiger partial charge in [0.25, 0.3) is 5.91 Å². The molecule has 2 aromatic carbocycles. The number of carbonyl (C=O) groups is 1. The molecule has 1 amide bonds. The Morgan fingerprint density at radius 3 is 2.52 bits per heavy atom. The first-order valence-corrected chi connectivity index (χ1v) is 8.57. The highest BCUT2D eigenvalue weighted by Gasteiger charge is 2.09. The van der Waals surface area contributed by atoms with E-state index >= 15 is 0 Å². The zero-order valence-electron chi connectivity index (χ0n) is 13.7. The minimum atomic E-state index is -0.174. The number of amides is 1. The van der Waals surface area contributed by atoms with Crippen LogP contribution in [0, 0.1) is 6.92 Å². The van der Waals surface area contributed by atoms with Crippen LogP contribution >= 0.6 is 15.9 Å². The molecule has 2 aromatic rings. The lowest BCUT2D eigenvalue weighted by atomic mass is 9.99. The van der Waals surface area contributed by atoms with Gasteiger partial charge in [0.15, 0.2) is 6.61 Å². The molecule has 0 aliphatic carbocycles. The van der Waals surface area contributed by atoms with E-state index in [0.717, 1.165) is 22.1 Å². The molecule has 0 saturated carbocycles. The number of hydrogen-bond donors (Lipinski definition) is 1.